The van der Waals surface area contributed by atoms with E-state index in [1.807, 2.05) is 24.3 Å². The summed E-state index contributed by atoms with van der Waals surface area (Å²) < 4.78 is 11.6. The second-order valence-electron chi connectivity index (χ2n) is 7.58. The van der Waals surface area contributed by atoms with Gasteiger partial charge in [0.2, 0.25) is 0 Å². The number of ether oxygens (including phenoxy) is 2. The molecule has 1 aliphatic carbocycles. The van der Waals surface area contributed by atoms with Crippen LogP contribution < -0.4 is 10.1 Å². The Morgan fingerprint density at radius 3 is 2.43 bits per heavy atom. The van der Waals surface area contributed by atoms with Crippen molar-refractivity contribution in [1.29, 1.82) is 0 Å². The van der Waals surface area contributed by atoms with Crippen LogP contribution in [0.2, 0.25) is 0 Å². The first-order chi connectivity index (χ1) is 13.7. The number of benzene rings is 1. The van der Waals surface area contributed by atoms with E-state index in [9.17, 15) is 4.79 Å². The third-order valence-electron chi connectivity index (χ3n) is 5.57. The zero-order valence-corrected chi connectivity index (χ0v) is 17.9. The Bertz CT molecular complexity index is 557. The number of unbranched alkanes of at least 4 members (excludes halogenated alkanes) is 3. The van der Waals surface area contributed by atoms with Crippen molar-refractivity contribution >= 4 is 11.8 Å². The minimum Gasteiger partial charge on any atom is -0.494 e. The molecule has 0 bridgehead atoms. The van der Waals surface area contributed by atoms with Crippen molar-refractivity contribution in [2.24, 2.45) is 0 Å². The highest BCUT2D eigenvalue weighted by atomic mass is 16.6. The van der Waals surface area contributed by atoms with E-state index in [1.54, 1.807) is 0 Å². The van der Waals surface area contributed by atoms with Gasteiger partial charge < -0.3 is 9.47 Å². The Morgan fingerprint density at radius 1 is 1.04 bits per heavy atom. The molecule has 1 saturated carbocycles. The lowest BCUT2D eigenvalue weighted by Gasteiger charge is -2.38. The lowest BCUT2D eigenvalue weighted by atomic mass is 9.91. The molecule has 1 amide bonds. The quantitative estimate of drug-likeness (QED) is 0.482. The Hall–Kier alpha value is -1.75. The van der Waals surface area contributed by atoms with E-state index in [0.29, 0.717) is 6.04 Å². The predicted octanol–water partition coefficient (Wildman–Crippen LogP) is 5.85. The molecule has 2 rings (SSSR count). The van der Waals surface area contributed by atoms with E-state index in [0.717, 1.165) is 56.8 Å². The maximum Gasteiger partial charge on any atom is 0.411 e. The number of hydrogen-bond acceptors (Lipinski definition) is 4. The van der Waals surface area contributed by atoms with Crippen molar-refractivity contribution in [3.8, 4) is 5.75 Å². The number of hydrogen-bond donors (Lipinski definition) is 1. The van der Waals surface area contributed by atoms with Gasteiger partial charge in [-0.25, -0.2) is 4.79 Å². The average Bonchev–Trinajstić information content (AvgIpc) is 2.71. The molecule has 5 heteroatoms. The SMILES string of the molecule is CCCCCCOc1ccc(NC(=O)OC2CCCCC2N(CC)CC)cc1. The van der Waals surface area contributed by atoms with Crippen molar-refractivity contribution in [2.45, 2.75) is 84.3 Å². The molecule has 5 nitrogen and oxygen atoms in total. The molecule has 0 heterocycles. The third-order valence-corrected chi connectivity index (χ3v) is 5.57. The second kappa shape index (κ2) is 12.7. The van der Waals surface area contributed by atoms with Crippen LogP contribution in [-0.2, 0) is 4.74 Å². The molecule has 1 aromatic carbocycles. The maximum absolute atomic E-state index is 12.4. The molecule has 28 heavy (non-hydrogen) atoms. The Morgan fingerprint density at radius 2 is 1.75 bits per heavy atom. The van der Waals surface area contributed by atoms with Crippen LogP contribution in [-0.4, -0.2) is 42.8 Å². The van der Waals surface area contributed by atoms with Crippen LogP contribution in [0.3, 0.4) is 0 Å². The fourth-order valence-corrected chi connectivity index (χ4v) is 3.96. The lowest BCUT2D eigenvalue weighted by Crippen LogP contribution is -2.47. The maximum atomic E-state index is 12.4. The smallest absolute Gasteiger partial charge is 0.411 e. The molecule has 1 aromatic rings. The van der Waals surface area contributed by atoms with Crippen LogP contribution in [0.5, 0.6) is 5.75 Å². The highest BCUT2D eigenvalue weighted by Gasteiger charge is 2.31. The molecule has 0 spiro atoms. The topological polar surface area (TPSA) is 50.8 Å². The molecule has 1 N–H and O–H groups in total. The normalized spacial score (nSPS) is 19.4. The first-order valence-corrected chi connectivity index (χ1v) is 11.1. The summed E-state index contributed by atoms with van der Waals surface area (Å²) >= 11 is 0. The molecule has 1 aliphatic rings. The standard InChI is InChI=1S/C23H38N2O3/c1-4-7-8-11-18-27-20-16-14-19(15-17-20)24-23(26)28-22-13-10-9-12-21(22)25(5-2)6-3/h14-17,21-22H,4-13,18H2,1-3H3,(H,24,26). The summed E-state index contributed by atoms with van der Waals surface area (Å²) in [5.74, 6) is 0.837. The number of nitrogens with one attached hydrogen (secondary N) is 1. The zero-order chi connectivity index (χ0) is 20.2. The second-order valence-corrected chi connectivity index (χ2v) is 7.58. The minimum atomic E-state index is -0.364. The van der Waals surface area contributed by atoms with Gasteiger partial charge in [0.25, 0.3) is 0 Å². The summed E-state index contributed by atoms with van der Waals surface area (Å²) in [6.07, 6.45) is 8.76. The Balaban J connectivity index is 1.80. The fraction of sp³-hybridized carbons (Fsp3) is 0.696. The van der Waals surface area contributed by atoms with Crippen LogP contribution in [0.15, 0.2) is 24.3 Å². The first-order valence-electron chi connectivity index (χ1n) is 11.1. The van der Waals surface area contributed by atoms with Crippen molar-refractivity contribution in [1.82, 2.24) is 4.90 Å². The van der Waals surface area contributed by atoms with Gasteiger partial charge in [0.15, 0.2) is 0 Å². The van der Waals surface area contributed by atoms with Gasteiger partial charge in [0.05, 0.1) is 6.61 Å². The summed E-state index contributed by atoms with van der Waals surface area (Å²) in [6.45, 7) is 9.26. The Labute approximate surface area is 170 Å². The van der Waals surface area contributed by atoms with E-state index in [2.05, 4.69) is 31.0 Å². The van der Waals surface area contributed by atoms with Crippen molar-refractivity contribution in [3.05, 3.63) is 24.3 Å². The highest BCUT2D eigenvalue weighted by Crippen LogP contribution is 2.26. The molecule has 2 atom stereocenters. The Kier molecular flexibility index (Phi) is 10.2. The molecule has 0 saturated heterocycles. The molecular weight excluding hydrogens is 352 g/mol. The average molecular weight is 391 g/mol. The number of rotatable bonds is 11. The number of nitrogens with zero attached hydrogens (tertiary/aromatic N) is 1. The number of carbonyl (C=O) groups is 1. The molecule has 0 radical (unpaired) electrons. The van der Waals surface area contributed by atoms with E-state index < -0.39 is 0 Å². The molecular formula is C23H38N2O3. The van der Waals surface area contributed by atoms with Crippen molar-refractivity contribution < 1.29 is 14.3 Å². The fourth-order valence-electron chi connectivity index (χ4n) is 3.96. The molecule has 1 fully saturated rings. The van der Waals surface area contributed by atoms with E-state index >= 15 is 0 Å². The van der Waals surface area contributed by atoms with Gasteiger partial charge in [0, 0.05) is 11.7 Å². The largest absolute Gasteiger partial charge is 0.494 e. The first kappa shape index (κ1) is 22.5. The molecule has 0 aliphatic heterocycles. The third kappa shape index (κ3) is 7.34. The van der Waals surface area contributed by atoms with Crippen LogP contribution in [0.25, 0.3) is 0 Å². The number of amides is 1. The van der Waals surface area contributed by atoms with Gasteiger partial charge in [0.1, 0.15) is 11.9 Å². The monoisotopic (exact) mass is 390 g/mol. The number of carbonyl (C=O) groups excluding carboxylic acids is 1. The van der Waals surface area contributed by atoms with Crippen LogP contribution in [0, 0.1) is 0 Å². The summed E-state index contributed by atoms with van der Waals surface area (Å²) in [5.41, 5.74) is 0.735. The van der Waals surface area contributed by atoms with Gasteiger partial charge in [-0.3, -0.25) is 10.2 Å². The lowest BCUT2D eigenvalue weighted by molar-refractivity contribution is 0.0125. The van der Waals surface area contributed by atoms with Crippen LogP contribution >= 0.6 is 0 Å². The van der Waals surface area contributed by atoms with Crippen LogP contribution in [0.1, 0.15) is 72.1 Å². The van der Waals surface area contributed by atoms with Gasteiger partial charge >= 0.3 is 6.09 Å². The molecule has 158 valence electrons. The molecule has 0 aromatic heterocycles. The van der Waals surface area contributed by atoms with Crippen LogP contribution in [0.4, 0.5) is 10.5 Å². The van der Waals surface area contributed by atoms with E-state index in [-0.39, 0.29) is 12.2 Å². The van der Waals surface area contributed by atoms with E-state index in [4.69, 9.17) is 9.47 Å². The van der Waals surface area contributed by atoms with Gasteiger partial charge in [-0.15, -0.1) is 0 Å². The van der Waals surface area contributed by atoms with Crippen molar-refractivity contribution in [3.63, 3.8) is 0 Å². The highest BCUT2D eigenvalue weighted by molar-refractivity contribution is 5.84. The zero-order valence-electron chi connectivity index (χ0n) is 17.9. The van der Waals surface area contributed by atoms with E-state index in [1.165, 1.54) is 25.7 Å². The van der Waals surface area contributed by atoms with Gasteiger partial charge in [-0.05, 0) is 63.0 Å². The number of anilines is 1. The molecule has 2 unspecified atom stereocenters. The summed E-state index contributed by atoms with van der Waals surface area (Å²) in [5, 5.41) is 2.86. The summed E-state index contributed by atoms with van der Waals surface area (Å²) in [7, 11) is 0. The number of likely N-dealkylation sites (N-methyl/N-ethyl adjacent to an activating group) is 1. The van der Waals surface area contributed by atoms with Gasteiger partial charge in [-0.2, -0.15) is 0 Å². The summed E-state index contributed by atoms with van der Waals surface area (Å²) in [4.78, 5) is 14.8. The predicted molar refractivity (Wildman–Crippen MR) is 115 cm³/mol. The summed E-state index contributed by atoms with van der Waals surface area (Å²) in [6, 6.07) is 7.86. The minimum absolute atomic E-state index is 0.0284. The van der Waals surface area contributed by atoms with Crippen molar-refractivity contribution in [2.75, 3.05) is 25.0 Å². The van der Waals surface area contributed by atoms with Gasteiger partial charge in [-0.1, -0.05) is 46.5 Å².